The molecule has 1 N–H and O–H groups in total. The second kappa shape index (κ2) is 7.88. The van der Waals surface area contributed by atoms with Crippen molar-refractivity contribution in [2.75, 3.05) is 7.11 Å². The van der Waals surface area contributed by atoms with Crippen molar-refractivity contribution in [3.8, 4) is 5.75 Å². The fourth-order valence-corrected chi connectivity index (χ4v) is 2.39. The van der Waals surface area contributed by atoms with E-state index < -0.39 is 0 Å². The SMILES string of the molecule is COc1ccccc1C(=O)NN=C(c1ccccc1)c1cccnc1. The molecule has 25 heavy (non-hydrogen) atoms. The Morgan fingerprint density at radius 2 is 1.68 bits per heavy atom. The molecule has 2 aromatic carbocycles. The van der Waals surface area contributed by atoms with Crippen LogP contribution in [-0.4, -0.2) is 23.7 Å². The van der Waals surface area contributed by atoms with E-state index in [1.165, 1.54) is 7.11 Å². The van der Waals surface area contributed by atoms with Gasteiger partial charge in [0.05, 0.1) is 18.4 Å². The Morgan fingerprint density at radius 3 is 2.40 bits per heavy atom. The maximum Gasteiger partial charge on any atom is 0.275 e. The van der Waals surface area contributed by atoms with Gasteiger partial charge in [0.1, 0.15) is 5.75 Å². The number of hydrogen-bond acceptors (Lipinski definition) is 4. The standard InChI is InChI=1S/C20H17N3O2/c1-25-18-12-6-5-11-17(18)20(24)23-22-19(15-8-3-2-4-9-15)16-10-7-13-21-14-16/h2-14H,1H3,(H,23,24). The first kappa shape index (κ1) is 16.4. The summed E-state index contributed by atoms with van der Waals surface area (Å²) >= 11 is 0. The molecule has 3 rings (SSSR count). The van der Waals surface area contributed by atoms with E-state index >= 15 is 0 Å². The van der Waals surface area contributed by atoms with Crippen LogP contribution in [0.15, 0.2) is 84.2 Å². The number of amides is 1. The summed E-state index contributed by atoms with van der Waals surface area (Å²) in [5.74, 6) is 0.160. The molecule has 0 aliphatic carbocycles. The second-order valence-electron chi connectivity index (χ2n) is 5.21. The molecule has 1 amide bonds. The van der Waals surface area contributed by atoms with Gasteiger partial charge in [-0.25, -0.2) is 5.43 Å². The number of nitrogens with one attached hydrogen (secondary N) is 1. The zero-order valence-corrected chi connectivity index (χ0v) is 13.7. The van der Waals surface area contributed by atoms with Gasteiger partial charge in [-0.05, 0) is 24.3 Å². The van der Waals surface area contributed by atoms with E-state index in [4.69, 9.17) is 4.74 Å². The predicted molar refractivity (Wildman–Crippen MR) is 96.8 cm³/mol. The van der Waals surface area contributed by atoms with Gasteiger partial charge < -0.3 is 4.74 Å². The summed E-state index contributed by atoms with van der Waals surface area (Å²) < 4.78 is 5.22. The minimum Gasteiger partial charge on any atom is -0.496 e. The molecular weight excluding hydrogens is 314 g/mol. The molecule has 0 radical (unpaired) electrons. The number of hydrogen-bond donors (Lipinski definition) is 1. The van der Waals surface area contributed by atoms with E-state index in [0.717, 1.165) is 11.1 Å². The maximum absolute atomic E-state index is 12.5. The van der Waals surface area contributed by atoms with Crippen molar-refractivity contribution in [3.63, 3.8) is 0 Å². The van der Waals surface area contributed by atoms with E-state index in [2.05, 4.69) is 15.5 Å². The lowest BCUT2D eigenvalue weighted by Gasteiger charge is -2.09. The number of ether oxygens (including phenoxy) is 1. The van der Waals surface area contributed by atoms with Crippen LogP contribution in [0.2, 0.25) is 0 Å². The van der Waals surface area contributed by atoms with Crippen LogP contribution in [0.3, 0.4) is 0 Å². The molecule has 0 bridgehead atoms. The van der Waals surface area contributed by atoms with Crippen LogP contribution in [0.5, 0.6) is 5.75 Å². The van der Waals surface area contributed by atoms with Gasteiger partial charge in [0.15, 0.2) is 0 Å². The molecular formula is C20H17N3O2. The van der Waals surface area contributed by atoms with Crippen molar-refractivity contribution >= 4 is 11.6 Å². The Balaban J connectivity index is 1.93. The quantitative estimate of drug-likeness (QED) is 0.576. The van der Waals surface area contributed by atoms with Crippen LogP contribution in [0.1, 0.15) is 21.5 Å². The number of para-hydroxylation sites is 1. The highest BCUT2D eigenvalue weighted by atomic mass is 16.5. The van der Waals surface area contributed by atoms with Crippen LogP contribution in [-0.2, 0) is 0 Å². The lowest BCUT2D eigenvalue weighted by Crippen LogP contribution is -2.21. The molecule has 0 unspecified atom stereocenters. The normalized spacial score (nSPS) is 11.0. The third-order valence-corrected chi connectivity index (χ3v) is 3.60. The average molecular weight is 331 g/mol. The monoisotopic (exact) mass is 331 g/mol. The van der Waals surface area contributed by atoms with E-state index in [1.807, 2.05) is 48.5 Å². The molecule has 0 aliphatic heterocycles. The van der Waals surface area contributed by atoms with E-state index in [-0.39, 0.29) is 5.91 Å². The number of hydrazone groups is 1. The van der Waals surface area contributed by atoms with Crippen molar-refractivity contribution in [2.24, 2.45) is 5.10 Å². The Labute approximate surface area is 146 Å². The lowest BCUT2D eigenvalue weighted by molar-refractivity contribution is 0.0952. The van der Waals surface area contributed by atoms with Gasteiger partial charge in [0.2, 0.25) is 0 Å². The average Bonchev–Trinajstić information content (AvgIpc) is 2.69. The van der Waals surface area contributed by atoms with Gasteiger partial charge in [0.25, 0.3) is 5.91 Å². The van der Waals surface area contributed by atoms with Crippen molar-refractivity contribution in [3.05, 3.63) is 95.8 Å². The zero-order chi connectivity index (χ0) is 17.5. The highest BCUT2D eigenvalue weighted by Crippen LogP contribution is 2.17. The molecule has 0 saturated carbocycles. The first-order chi connectivity index (χ1) is 12.3. The highest BCUT2D eigenvalue weighted by molar-refractivity contribution is 6.13. The van der Waals surface area contributed by atoms with Gasteiger partial charge in [-0.3, -0.25) is 9.78 Å². The fourth-order valence-electron chi connectivity index (χ4n) is 2.39. The molecule has 1 heterocycles. The second-order valence-corrected chi connectivity index (χ2v) is 5.21. The van der Waals surface area contributed by atoms with Crippen LogP contribution in [0.25, 0.3) is 0 Å². The number of nitrogens with zero attached hydrogens (tertiary/aromatic N) is 2. The van der Waals surface area contributed by atoms with E-state index in [0.29, 0.717) is 17.0 Å². The molecule has 3 aromatic rings. The van der Waals surface area contributed by atoms with Crippen molar-refractivity contribution in [2.45, 2.75) is 0 Å². The van der Waals surface area contributed by atoms with Crippen LogP contribution in [0.4, 0.5) is 0 Å². The van der Waals surface area contributed by atoms with Gasteiger partial charge in [-0.1, -0.05) is 42.5 Å². The van der Waals surface area contributed by atoms with E-state index in [1.54, 1.807) is 30.6 Å². The number of pyridine rings is 1. The Morgan fingerprint density at radius 1 is 0.960 bits per heavy atom. The molecule has 0 fully saturated rings. The van der Waals surface area contributed by atoms with Crippen LogP contribution in [0, 0.1) is 0 Å². The van der Waals surface area contributed by atoms with Crippen LogP contribution >= 0.6 is 0 Å². The van der Waals surface area contributed by atoms with Gasteiger partial charge in [-0.15, -0.1) is 0 Å². The van der Waals surface area contributed by atoms with Crippen molar-refractivity contribution < 1.29 is 9.53 Å². The fraction of sp³-hybridized carbons (Fsp3) is 0.0500. The van der Waals surface area contributed by atoms with Gasteiger partial charge >= 0.3 is 0 Å². The third-order valence-electron chi connectivity index (χ3n) is 3.60. The Bertz CT molecular complexity index is 836. The molecule has 0 saturated heterocycles. The van der Waals surface area contributed by atoms with Crippen molar-refractivity contribution in [1.82, 2.24) is 10.4 Å². The third kappa shape index (κ3) is 3.90. The summed E-state index contributed by atoms with van der Waals surface area (Å²) in [5, 5.41) is 4.34. The topological polar surface area (TPSA) is 63.6 Å². The highest BCUT2D eigenvalue weighted by Gasteiger charge is 2.12. The molecule has 5 nitrogen and oxygen atoms in total. The first-order valence-corrected chi connectivity index (χ1v) is 7.76. The number of methoxy groups -OCH3 is 1. The number of aromatic nitrogens is 1. The molecule has 124 valence electrons. The summed E-state index contributed by atoms with van der Waals surface area (Å²) in [4.78, 5) is 16.6. The minimum atomic E-state index is -0.338. The molecule has 1 aromatic heterocycles. The Kier molecular flexibility index (Phi) is 5.16. The number of carbonyl (C=O) groups excluding carboxylic acids is 1. The van der Waals surface area contributed by atoms with Gasteiger partial charge in [-0.2, -0.15) is 5.10 Å². The number of rotatable bonds is 5. The number of benzene rings is 2. The van der Waals surface area contributed by atoms with Crippen molar-refractivity contribution in [1.29, 1.82) is 0 Å². The molecule has 0 atom stereocenters. The summed E-state index contributed by atoms with van der Waals surface area (Å²) in [6, 6.07) is 20.4. The maximum atomic E-state index is 12.5. The lowest BCUT2D eigenvalue weighted by atomic mass is 10.0. The Hall–Kier alpha value is -3.47. The molecule has 0 spiro atoms. The first-order valence-electron chi connectivity index (χ1n) is 7.76. The largest absolute Gasteiger partial charge is 0.496 e. The van der Waals surface area contributed by atoms with Crippen LogP contribution < -0.4 is 10.2 Å². The number of carbonyl (C=O) groups is 1. The minimum absolute atomic E-state index is 0.338. The summed E-state index contributed by atoms with van der Waals surface area (Å²) in [6.07, 6.45) is 3.40. The summed E-state index contributed by atoms with van der Waals surface area (Å²) in [5.41, 5.74) is 5.37. The van der Waals surface area contributed by atoms with E-state index in [9.17, 15) is 4.79 Å². The summed E-state index contributed by atoms with van der Waals surface area (Å²) in [6.45, 7) is 0. The predicted octanol–water partition coefficient (Wildman–Crippen LogP) is 3.27. The smallest absolute Gasteiger partial charge is 0.275 e. The molecule has 5 heteroatoms. The van der Waals surface area contributed by atoms with Gasteiger partial charge in [0, 0.05) is 23.5 Å². The zero-order valence-electron chi connectivity index (χ0n) is 13.7. The molecule has 0 aliphatic rings. The summed E-state index contributed by atoms with van der Waals surface area (Å²) in [7, 11) is 1.53.